The fraction of sp³-hybridized carbons (Fsp3) is 1.00. The van der Waals surface area contributed by atoms with Crippen molar-refractivity contribution >= 4 is 0 Å². The van der Waals surface area contributed by atoms with Gasteiger partial charge in [0.2, 0.25) is 0 Å². The van der Waals surface area contributed by atoms with Gasteiger partial charge in [0.15, 0.2) is 0 Å². The molecular weight excluding hydrogens is 240 g/mol. The molecule has 0 aromatic rings. The molecule has 0 saturated heterocycles. The van der Waals surface area contributed by atoms with Crippen molar-refractivity contribution < 1.29 is 0 Å². The first-order valence-electron chi connectivity index (χ1n) is 8.49. The molecular formula is C20H40. The lowest BCUT2D eigenvalue weighted by Crippen LogP contribution is -2.64. The molecule has 20 heavy (non-hydrogen) atoms. The molecule has 0 bridgehead atoms. The van der Waals surface area contributed by atoms with Gasteiger partial charge >= 0.3 is 0 Å². The highest BCUT2D eigenvalue weighted by molar-refractivity contribution is 5.11. The van der Waals surface area contributed by atoms with E-state index in [0.29, 0.717) is 21.7 Å². The van der Waals surface area contributed by atoms with Gasteiger partial charge in [-0.3, -0.25) is 0 Å². The summed E-state index contributed by atoms with van der Waals surface area (Å²) in [5.41, 5.74) is 1.60. The molecule has 0 spiro atoms. The number of rotatable bonds is 0. The van der Waals surface area contributed by atoms with E-state index < -0.39 is 0 Å². The zero-order valence-corrected chi connectivity index (χ0v) is 16.3. The zero-order valence-electron chi connectivity index (χ0n) is 16.3. The number of hydrogen-bond acceptors (Lipinski definition) is 0. The molecule has 0 heterocycles. The summed E-state index contributed by atoms with van der Waals surface area (Å²) < 4.78 is 0. The van der Waals surface area contributed by atoms with Crippen LogP contribution in [0.4, 0.5) is 0 Å². The molecule has 0 amide bonds. The second-order valence-electron chi connectivity index (χ2n) is 11.6. The Morgan fingerprint density at radius 3 is 0.450 bits per heavy atom. The summed E-state index contributed by atoms with van der Waals surface area (Å²) in [5, 5.41) is 0. The Hall–Kier alpha value is 0. The van der Waals surface area contributed by atoms with Crippen LogP contribution in [0.1, 0.15) is 83.1 Å². The molecule has 1 rings (SSSR count). The van der Waals surface area contributed by atoms with Crippen molar-refractivity contribution in [3.8, 4) is 0 Å². The van der Waals surface area contributed by atoms with E-state index in [1.54, 1.807) is 0 Å². The monoisotopic (exact) mass is 280 g/mol. The summed E-state index contributed by atoms with van der Waals surface area (Å²) in [7, 11) is 0. The van der Waals surface area contributed by atoms with Crippen molar-refractivity contribution in [3.63, 3.8) is 0 Å². The smallest absolute Gasteiger partial charge is 0.0293 e. The highest BCUT2D eigenvalue weighted by atomic mass is 14.7. The van der Waals surface area contributed by atoms with Gasteiger partial charge in [-0.25, -0.2) is 0 Å². The van der Waals surface area contributed by atoms with Crippen molar-refractivity contribution in [1.29, 1.82) is 0 Å². The van der Waals surface area contributed by atoms with E-state index in [9.17, 15) is 0 Å². The summed E-state index contributed by atoms with van der Waals surface area (Å²) in [5.74, 6) is 3.30. The molecule has 0 radical (unpaired) electrons. The summed E-state index contributed by atoms with van der Waals surface area (Å²) in [6.45, 7) is 29.4. The summed E-state index contributed by atoms with van der Waals surface area (Å²) in [4.78, 5) is 0. The van der Waals surface area contributed by atoms with Crippen LogP contribution in [0.5, 0.6) is 0 Å². The van der Waals surface area contributed by atoms with Gasteiger partial charge in [0.25, 0.3) is 0 Å². The fourth-order valence-electron chi connectivity index (χ4n) is 5.06. The lowest BCUT2D eigenvalue weighted by Gasteiger charge is -2.69. The first-order chi connectivity index (χ1) is 8.49. The minimum atomic E-state index is 0.400. The third-order valence-electron chi connectivity index (χ3n) is 5.55. The van der Waals surface area contributed by atoms with Crippen LogP contribution in [0.15, 0.2) is 0 Å². The molecule has 1 aliphatic rings. The predicted octanol–water partition coefficient (Wildman–Crippen LogP) is 6.65. The normalized spacial score (nSPS) is 33.0. The van der Waals surface area contributed by atoms with Gasteiger partial charge in [-0.1, -0.05) is 83.1 Å². The molecule has 1 saturated carbocycles. The van der Waals surface area contributed by atoms with Crippen molar-refractivity contribution in [2.75, 3.05) is 0 Å². The Balaban J connectivity index is 3.33. The topological polar surface area (TPSA) is 0 Å². The van der Waals surface area contributed by atoms with E-state index in [-0.39, 0.29) is 0 Å². The minimum absolute atomic E-state index is 0.400. The molecule has 0 aromatic heterocycles. The van der Waals surface area contributed by atoms with Crippen LogP contribution in [0.2, 0.25) is 0 Å². The summed E-state index contributed by atoms with van der Waals surface area (Å²) in [6.07, 6.45) is 0. The van der Waals surface area contributed by atoms with Crippen molar-refractivity contribution in [1.82, 2.24) is 0 Å². The average Bonchev–Trinajstić information content (AvgIpc) is 1.86. The van der Waals surface area contributed by atoms with Crippen LogP contribution in [0.3, 0.4) is 0 Å². The molecule has 0 aliphatic heterocycles. The second kappa shape index (κ2) is 4.75. The first-order valence-corrected chi connectivity index (χ1v) is 8.49. The van der Waals surface area contributed by atoms with Crippen molar-refractivity contribution in [2.24, 2.45) is 45.3 Å². The van der Waals surface area contributed by atoms with E-state index in [0.717, 1.165) is 23.7 Å². The van der Waals surface area contributed by atoms with Gasteiger partial charge in [-0.2, -0.15) is 0 Å². The predicted molar refractivity (Wildman–Crippen MR) is 91.8 cm³/mol. The van der Waals surface area contributed by atoms with E-state index >= 15 is 0 Å². The van der Waals surface area contributed by atoms with Crippen LogP contribution in [0, 0.1) is 45.3 Å². The van der Waals surface area contributed by atoms with Gasteiger partial charge in [-0.05, 0) is 45.3 Å². The quantitative estimate of drug-likeness (QED) is 0.466. The number of hydrogen-bond donors (Lipinski definition) is 0. The van der Waals surface area contributed by atoms with E-state index in [4.69, 9.17) is 0 Å². The fourth-order valence-corrected chi connectivity index (χ4v) is 5.06. The van der Waals surface area contributed by atoms with Crippen LogP contribution >= 0.6 is 0 Å². The molecule has 0 heteroatoms. The highest BCUT2D eigenvalue weighted by Crippen LogP contribution is 2.68. The lowest BCUT2D eigenvalue weighted by molar-refractivity contribution is -0.213. The van der Waals surface area contributed by atoms with Crippen LogP contribution < -0.4 is 0 Å². The maximum atomic E-state index is 2.45. The third-order valence-corrected chi connectivity index (χ3v) is 5.55. The van der Waals surface area contributed by atoms with E-state index in [1.165, 1.54) is 0 Å². The molecule has 0 unspecified atom stereocenters. The van der Waals surface area contributed by atoms with Crippen LogP contribution in [-0.4, -0.2) is 0 Å². The van der Waals surface area contributed by atoms with Crippen molar-refractivity contribution in [2.45, 2.75) is 83.1 Å². The molecule has 0 aromatic carbocycles. The maximum absolute atomic E-state index is 2.45. The standard InChI is InChI=1S/C20H40/c1-17(2,3)13-14(18(4,5)6)16(20(10,11)12)15(13)19(7,8)9/h13-16H,1-12H3. The Morgan fingerprint density at radius 2 is 0.400 bits per heavy atom. The van der Waals surface area contributed by atoms with Gasteiger partial charge in [0, 0.05) is 0 Å². The van der Waals surface area contributed by atoms with Gasteiger partial charge in [0.1, 0.15) is 0 Å². The Labute approximate surface area is 129 Å². The molecule has 1 aliphatic carbocycles. The van der Waals surface area contributed by atoms with E-state index in [2.05, 4.69) is 83.1 Å². The van der Waals surface area contributed by atoms with Gasteiger partial charge in [0.05, 0.1) is 0 Å². The largest absolute Gasteiger partial charge is 0.0599 e. The van der Waals surface area contributed by atoms with Crippen LogP contribution in [-0.2, 0) is 0 Å². The SMILES string of the molecule is CC(C)(C)C1C(C(C)(C)C)C(C(C)(C)C)C1C(C)(C)C. The molecule has 120 valence electrons. The zero-order chi connectivity index (χ0) is 16.3. The maximum Gasteiger partial charge on any atom is -0.0293 e. The Kier molecular flexibility index (Phi) is 4.29. The van der Waals surface area contributed by atoms with Crippen molar-refractivity contribution in [3.05, 3.63) is 0 Å². The van der Waals surface area contributed by atoms with Crippen LogP contribution in [0.25, 0.3) is 0 Å². The minimum Gasteiger partial charge on any atom is -0.0599 e. The molecule has 0 nitrogen and oxygen atoms in total. The van der Waals surface area contributed by atoms with Gasteiger partial charge in [-0.15, -0.1) is 0 Å². The van der Waals surface area contributed by atoms with E-state index in [1.807, 2.05) is 0 Å². The second-order valence-corrected chi connectivity index (χ2v) is 11.6. The van der Waals surface area contributed by atoms with Gasteiger partial charge < -0.3 is 0 Å². The molecule has 1 fully saturated rings. The highest BCUT2D eigenvalue weighted by Gasteiger charge is 2.63. The third kappa shape index (κ3) is 3.25. The summed E-state index contributed by atoms with van der Waals surface area (Å²) >= 11 is 0. The Bertz CT molecular complexity index is 254. The average molecular weight is 281 g/mol. The molecule has 0 atom stereocenters. The summed E-state index contributed by atoms with van der Waals surface area (Å²) in [6, 6.07) is 0. The first kappa shape index (κ1) is 18.1. The lowest BCUT2D eigenvalue weighted by atomic mass is 9.36. The Morgan fingerprint density at radius 1 is 0.300 bits per heavy atom. The molecule has 0 N–H and O–H groups in total.